The van der Waals surface area contributed by atoms with Gasteiger partial charge in [-0.15, -0.1) is 0 Å². The van der Waals surface area contributed by atoms with Crippen LogP contribution < -0.4 is 5.32 Å². The molecule has 0 atom stereocenters. The number of nitrogens with one attached hydrogen (secondary N) is 1. The summed E-state index contributed by atoms with van der Waals surface area (Å²) in [6.45, 7) is 6.19. The molecule has 0 unspecified atom stereocenters. The highest BCUT2D eigenvalue weighted by Crippen LogP contribution is 2.33. The van der Waals surface area contributed by atoms with Crippen molar-refractivity contribution < 1.29 is 12.3 Å². The summed E-state index contributed by atoms with van der Waals surface area (Å²) in [6, 6.07) is 10.1. The van der Waals surface area contributed by atoms with E-state index in [-0.39, 0.29) is 17.8 Å². The molecule has 3 aromatic heterocycles. The predicted molar refractivity (Wildman–Crippen MR) is 134 cm³/mol. The average Bonchev–Trinajstić information content (AvgIpc) is 3.44. The van der Waals surface area contributed by atoms with Gasteiger partial charge in [-0.25, -0.2) is 14.4 Å². The van der Waals surface area contributed by atoms with Gasteiger partial charge in [-0.1, -0.05) is 37.2 Å². The van der Waals surface area contributed by atoms with Gasteiger partial charge in [-0.2, -0.15) is 5.10 Å². The zero-order chi connectivity index (χ0) is 23.6. The Morgan fingerprint density at radius 2 is 2.00 bits per heavy atom. The van der Waals surface area contributed by atoms with E-state index >= 15 is 0 Å². The maximum absolute atomic E-state index is 14.3. The van der Waals surface area contributed by atoms with E-state index in [0.717, 1.165) is 11.3 Å². The molecular weight excluding hydrogens is 538 g/mol. The molecule has 4 aromatic rings. The molecule has 0 radical (unpaired) electrons. The van der Waals surface area contributed by atoms with E-state index in [1.165, 1.54) is 12.3 Å². The van der Waals surface area contributed by atoms with Crippen molar-refractivity contribution in [3.05, 3.63) is 65.3 Å². The van der Waals surface area contributed by atoms with E-state index in [1.807, 2.05) is 30.8 Å². The quantitative estimate of drug-likeness (QED) is 0.320. The van der Waals surface area contributed by atoms with Gasteiger partial charge in [-0.05, 0) is 23.1 Å². The van der Waals surface area contributed by atoms with Gasteiger partial charge in [-0.3, -0.25) is 4.68 Å². The maximum Gasteiger partial charge on any atom is 0.182 e. The van der Waals surface area contributed by atoms with Crippen LogP contribution in [-0.2, 0) is 12.0 Å². The highest BCUT2D eigenvalue weighted by atomic mass is 127. The maximum atomic E-state index is 14.3. The van der Waals surface area contributed by atoms with Crippen LogP contribution in [0.15, 0.2) is 47.2 Å². The Morgan fingerprint density at radius 3 is 2.67 bits per heavy atom. The minimum Gasteiger partial charge on any atom is -0.373 e. The van der Waals surface area contributed by atoms with Crippen LogP contribution in [0.4, 0.5) is 10.2 Å². The molecule has 0 aliphatic carbocycles. The molecule has 10 heteroatoms. The monoisotopic (exact) mass is 562 g/mol. The summed E-state index contributed by atoms with van der Waals surface area (Å²) in [5.74, 6) is 0.801. The second-order valence-electron chi connectivity index (χ2n) is 8.08. The number of hydrogen-bond donors (Lipinski definition) is 2. The third-order valence-electron chi connectivity index (χ3n) is 5.28. The normalized spacial score (nSPS) is 12.2. The number of nitrogens with zero attached hydrogens (tertiary/aromatic N) is 5. The van der Waals surface area contributed by atoms with Gasteiger partial charge >= 0.3 is 0 Å². The van der Waals surface area contributed by atoms with Crippen LogP contribution in [0, 0.1) is 12.7 Å². The second-order valence-corrected chi connectivity index (χ2v) is 9.26. The summed E-state index contributed by atoms with van der Waals surface area (Å²) in [5, 5.41) is 11.9. The van der Waals surface area contributed by atoms with E-state index in [4.69, 9.17) is 19.6 Å². The Balaban J connectivity index is 1.83. The molecule has 33 heavy (non-hydrogen) atoms. The van der Waals surface area contributed by atoms with Crippen LogP contribution in [0.3, 0.4) is 0 Å². The van der Waals surface area contributed by atoms with Crippen LogP contribution in [0.1, 0.15) is 30.7 Å². The molecule has 0 saturated carbocycles. The molecule has 0 fully saturated rings. The number of rotatable bonds is 7. The van der Waals surface area contributed by atoms with Gasteiger partial charge in [0.15, 0.2) is 5.82 Å². The van der Waals surface area contributed by atoms with Crippen molar-refractivity contribution in [2.45, 2.75) is 32.7 Å². The zero-order valence-corrected chi connectivity index (χ0v) is 20.8. The van der Waals surface area contributed by atoms with Crippen molar-refractivity contribution in [1.82, 2.24) is 24.9 Å². The molecular formula is C23H24FIN6O2. The standard InChI is InChI=1S/C23H24FIN6O2/c1-14-20(23(2,3)13-25-32)22(26-4)28-21(27-14)18-11-19(17-9-10-33-30-17)31(29-18)12-15-7-5-6-8-16(15)24/h5-11,13,32H,12H2,1-4H3,(H,26,27,28). The zero-order valence-electron chi connectivity index (χ0n) is 18.7. The lowest BCUT2D eigenvalue weighted by Crippen LogP contribution is -2.23. The molecule has 0 bridgehead atoms. The first-order chi connectivity index (χ1) is 15.8. The topological polar surface area (TPSA) is 102 Å². The van der Waals surface area contributed by atoms with Crippen molar-refractivity contribution >= 4 is 31.0 Å². The van der Waals surface area contributed by atoms with Gasteiger partial charge in [0, 0.05) is 56.5 Å². The van der Waals surface area contributed by atoms with Crippen LogP contribution >= 0.6 is 21.1 Å². The number of halogens is 2. The molecule has 0 aliphatic heterocycles. The second kappa shape index (κ2) is 9.48. The van der Waals surface area contributed by atoms with Gasteiger partial charge in [0.05, 0.1) is 12.2 Å². The highest BCUT2D eigenvalue weighted by molar-refractivity contribution is 14.2. The summed E-state index contributed by atoms with van der Waals surface area (Å²) >= 11 is -1.01. The Hall–Kier alpha value is -2.99. The molecule has 4 rings (SSSR count). The van der Waals surface area contributed by atoms with Crippen LogP contribution in [0.5, 0.6) is 0 Å². The predicted octanol–water partition coefficient (Wildman–Crippen LogP) is 4.49. The SMILES string of the molecule is CNc1nc(-c2cc(-c3ccon3)n(Cc3ccccc3F)n2)nc(C)c1C(C)(C)C=IO. The fraction of sp³-hybridized carbons (Fsp3) is 0.261. The Labute approximate surface area is 201 Å². The Kier molecular flexibility index (Phi) is 6.66. The molecule has 0 spiro atoms. The third kappa shape index (κ3) is 4.71. The average molecular weight is 562 g/mol. The fourth-order valence-corrected chi connectivity index (χ4v) is 4.81. The third-order valence-corrected chi connectivity index (χ3v) is 7.12. The number of aryl methyl sites for hydroxylation is 1. The molecule has 8 nitrogen and oxygen atoms in total. The largest absolute Gasteiger partial charge is 0.373 e. The Bertz CT molecular complexity index is 1300. The molecule has 2 N–H and O–H groups in total. The van der Waals surface area contributed by atoms with E-state index in [1.54, 1.807) is 36.0 Å². The van der Waals surface area contributed by atoms with E-state index in [0.29, 0.717) is 34.3 Å². The van der Waals surface area contributed by atoms with Crippen molar-refractivity contribution in [2.75, 3.05) is 12.4 Å². The van der Waals surface area contributed by atoms with Gasteiger partial charge in [0.25, 0.3) is 0 Å². The first kappa shape index (κ1) is 23.2. The number of aromatic nitrogens is 5. The lowest BCUT2D eigenvalue weighted by molar-refractivity contribution is 0.421. The van der Waals surface area contributed by atoms with Crippen LogP contribution in [-0.4, -0.2) is 39.4 Å². The van der Waals surface area contributed by atoms with Gasteiger partial charge in [0.2, 0.25) is 0 Å². The van der Waals surface area contributed by atoms with Crippen molar-refractivity contribution in [2.24, 2.45) is 0 Å². The first-order valence-corrected chi connectivity index (χ1v) is 12.5. The van der Waals surface area contributed by atoms with E-state index in [9.17, 15) is 7.83 Å². The number of anilines is 1. The molecule has 0 amide bonds. The fourth-order valence-electron chi connectivity index (χ4n) is 3.80. The number of benzene rings is 1. The molecule has 172 valence electrons. The van der Waals surface area contributed by atoms with Crippen molar-refractivity contribution in [1.29, 1.82) is 0 Å². The summed E-state index contributed by atoms with van der Waals surface area (Å²) in [5.41, 5.74) is 3.60. The van der Waals surface area contributed by atoms with E-state index < -0.39 is 21.1 Å². The van der Waals surface area contributed by atoms with Crippen LogP contribution in [0.2, 0.25) is 0 Å². The summed E-state index contributed by atoms with van der Waals surface area (Å²) < 4.78 is 32.5. The van der Waals surface area contributed by atoms with E-state index in [2.05, 4.69) is 10.5 Å². The lowest BCUT2D eigenvalue weighted by atomic mass is 9.86. The summed E-state index contributed by atoms with van der Waals surface area (Å²) in [4.78, 5) is 9.45. The van der Waals surface area contributed by atoms with Crippen LogP contribution in [0.25, 0.3) is 22.9 Å². The van der Waals surface area contributed by atoms with Crippen molar-refractivity contribution in [3.8, 4) is 22.9 Å². The minimum absolute atomic E-state index is 0.215. The Morgan fingerprint density at radius 1 is 1.21 bits per heavy atom. The summed E-state index contributed by atoms with van der Waals surface area (Å²) in [6.07, 6.45) is 1.48. The summed E-state index contributed by atoms with van der Waals surface area (Å²) in [7, 11) is 1.80. The number of hydrogen-bond acceptors (Lipinski definition) is 7. The highest BCUT2D eigenvalue weighted by Gasteiger charge is 2.27. The molecule has 1 aromatic carbocycles. The molecule has 3 heterocycles. The lowest BCUT2D eigenvalue weighted by Gasteiger charge is -2.24. The first-order valence-electron chi connectivity index (χ1n) is 10.2. The molecule has 0 saturated heterocycles. The van der Waals surface area contributed by atoms with Gasteiger partial charge < -0.3 is 13.3 Å². The minimum atomic E-state index is -1.01. The smallest absolute Gasteiger partial charge is 0.182 e. The van der Waals surface area contributed by atoms with Crippen molar-refractivity contribution in [3.63, 3.8) is 0 Å². The van der Waals surface area contributed by atoms with Gasteiger partial charge in [0.1, 0.15) is 29.3 Å². The molecule has 0 aliphatic rings.